The van der Waals surface area contributed by atoms with E-state index < -0.39 is 0 Å². The molecule has 5 nitrogen and oxygen atoms in total. The zero-order valence-electron chi connectivity index (χ0n) is 17.3. The molecule has 1 aliphatic heterocycles. The number of hydrogen-bond acceptors (Lipinski definition) is 3. The summed E-state index contributed by atoms with van der Waals surface area (Å²) in [5.41, 5.74) is 4.64. The second kappa shape index (κ2) is 8.62. The molecule has 3 aromatic rings. The first-order chi connectivity index (χ1) is 14.4. The zero-order valence-corrected chi connectivity index (χ0v) is 18.0. The standard InChI is InChI=1S/C24H26ClN3O2/c1-17(2)18-6-8-19(9-7-18)24-23-5-3-12-26(23)13-4-14-27(24)16-20-15-21(28(29)30)10-11-22(20)25/h3,5-12,15,17,24H,4,13-14,16H2,1-2H3/t24-/m1/s1. The van der Waals surface area contributed by atoms with Gasteiger partial charge in [-0.3, -0.25) is 15.0 Å². The number of hydrogen-bond donors (Lipinski definition) is 0. The molecule has 0 bridgehead atoms. The van der Waals surface area contributed by atoms with Crippen molar-refractivity contribution in [2.75, 3.05) is 6.54 Å². The van der Waals surface area contributed by atoms with Gasteiger partial charge in [-0.2, -0.15) is 0 Å². The number of aromatic nitrogens is 1. The summed E-state index contributed by atoms with van der Waals surface area (Å²) in [5, 5.41) is 11.8. The normalized spacial score (nSPS) is 17.0. The Morgan fingerprint density at radius 1 is 1.13 bits per heavy atom. The van der Waals surface area contributed by atoms with Crippen LogP contribution in [0.15, 0.2) is 60.8 Å². The van der Waals surface area contributed by atoms with Gasteiger partial charge in [0.15, 0.2) is 0 Å². The molecule has 6 heteroatoms. The number of fused-ring (bicyclic) bond motifs is 1. The number of nitrogens with zero attached hydrogens (tertiary/aromatic N) is 3. The predicted octanol–water partition coefficient (Wildman–Crippen LogP) is 6.17. The van der Waals surface area contributed by atoms with Crippen LogP contribution >= 0.6 is 11.6 Å². The van der Waals surface area contributed by atoms with E-state index >= 15 is 0 Å². The van der Waals surface area contributed by atoms with E-state index in [1.165, 1.54) is 22.9 Å². The zero-order chi connectivity index (χ0) is 21.3. The Bertz CT molecular complexity index is 1040. The molecule has 0 saturated heterocycles. The molecule has 0 saturated carbocycles. The van der Waals surface area contributed by atoms with Crippen molar-refractivity contribution in [1.29, 1.82) is 0 Å². The first-order valence-corrected chi connectivity index (χ1v) is 10.7. The van der Waals surface area contributed by atoms with Crippen LogP contribution in [0.1, 0.15) is 54.6 Å². The molecular weight excluding hydrogens is 398 g/mol. The maximum absolute atomic E-state index is 11.3. The summed E-state index contributed by atoms with van der Waals surface area (Å²) in [6.07, 6.45) is 3.14. The Balaban J connectivity index is 1.74. The lowest BCUT2D eigenvalue weighted by molar-refractivity contribution is -0.384. The minimum Gasteiger partial charge on any atom is -0.350 e. The van der Waals surface area contributed by atoms with Crippen LogP contribution in [0.4, 0.5) is 5.69 Å². The van der Waals surface area contributed by atoms with Crippen molar-refractivity contribution in [3.63, 3.8) is 0 Å². The van der Waals surface area contributed by atoms with Gasteiger partial charge in [-0.25, -0.2) is 0 Å². The van der Waals surface area contributed by atoms with E-state index in [4.69, 9.17) is 11.6 Å². The summed E-state index contributed by atoms with van der Waals surface area (Å²) in [7, 11) is 0. The molecule has 0 radical (unpaired) electrons. The van der Waals surface area contributed by atoms with Crippen molar-refractivity contribution in [2.45, 2.75) is 45.3 Å². The lowest BCUT2D eigenvalue weighted by Gasteiger charge is -2.31. The molecule has 156 valence electrons. The quantitative estimate of drug-likeness (QED) is 0.364. The number of nitro groups is 1. The molecule has 0 spiro atoms. The van der Waals surface area contributed by atoms with Crippen LogP contribution in [0.25, 0.3) is 0 Å². The summed E-state index contributed by atoms with van der Waals surface area (Å²) < 4.78 is 2.32. The Morgan fingerprint density at radius 3 is 2.60 bits per heavy atom. The highest BCUT2D eigenvalue weighted by molar-refractivity contribution is 6.31. The molecule has 1 aliphatic rings. The fraction of sp³-hybridized carbons (Fsp3) is 0.333. The molecule has 4 rings (SSSR count). The molecule has 0 amide bonds. The van der Waals surface area contributed by atoms with Crippen LogP contribution in [0, 0.1) is 10.1 Å². The first-order valence-electron chi connectivity index (χ1n) is 10.4. The van der Waals surface area contributed by atoms with Crippen molar-refractivity contribution >= 4 is 17.3 Å². The molecule has 2 aromatic carbocycles. The Labute approximate surface area is 182 Å². The maximum Gasteiger partial charge on any atom is 0.269 e. The average Bonchev–Trinajstić information content (AvgIpc) is 3.11. The van der Waals surface area contributed by atoms with Gasteiger partial charge in [0, 0.05) is 48.7 Å². The van der Waals surface area contributed by atoms with E-state index in [9.17, 15) is 10.1 Å². The number of halogens is 1. The molecule has 0 aliphatic carbocycles. The molecule has 1 atom stereocenters. The topological polar surface area (TPSA) is 51.3 Å². The number of nitro benzene ring substituents is 1. The van der Waals surface area contributed by atoms with Crippen molar-refractivity contribution in [3.8, 4) is 0 Å². The molecule has 0 fully saturated rings. The summed E-state index contributed by atoms with van der Waals surface area (Å²) in [5.74, 6) is 0.483. The second-order valence-corrected chi connectivity index (χ2v) is 8.61. The van der Waals surface area contributed by atoms with Crippen LogP contribution in [0.3, 0.4) is 0 Å². The average molecular weight is 424 g/mol. The highest BCUT2D eigenvalue weighted by atomic mass is 35.5. The third-order valence-electron chi connectivity index (χ3n) is 5.89. The van der Waals surface area contributed by atoms with Crippen molar-refractivity contribution in [1.82, 2.24) is 9.47 Å². The van der Waals surface area contributed by atoms with Gasteiger partial charge in [0.2, 0.25) is 0 Å². The minimum atomic E-state index is -0.366. The SMILES string of the molecule is CC(C)c1ccc([C@@H]2c3cccn3CCCN2Cc2cc([N+](=O)[O-])ccc2Cl)cc1. The number of rotatable bonds is 5. The Kier molecular flexibility index (Phi) is 5.93. The number of benzene rings is 2. The second-order valence-electron chi connectivity index (χ2n) is 8.21. The molecule has 0 N–H and O–H groups in total. The third kappa shape index (κ3) is 4.13. The van der Waals surface area contributed by atoms with Gasteiger partial charge in [-0.1, -0.05) is 49.7 Å². The first kappa shape index (κ1) is 20.6. The fourth-order valence-corrected chi connectivity index (χ4v) is 4.45. The van der Waals surface area contributed by atoms with E-state index in [-0.39, 0.29) is 16.7 Å². The van der Waals surface area contributed by atoms with Gasteiger partial charge in [0.05, 0.1) is 11.0 Å². The highest BCUT2D eigenvalue weighted by Gasteiger charge is 2.28. The Hall–Kier alpha value is -2.63. The van der Waals surface area contributed by atoms with Gasteiger partial charge in [0.25, 0.3) is 5.69 Å². The van der Waals surface area contributed by atoms with E-state index in [1.807, 2.05) is 0 Å². The van der Waals surface area contributed by atoms with Gasteiger partial charge in [-0.15, -0.1) is 0 Å². The maximum atomic E-state index is 11.3. The van der Waals surface area contributed by atoms with Crippen molar-refractivity contribution in [2.24, 2.45) is 0 Å². The molecule has 1 aromatic heterocycles. The van der Waals surface area contributed by atoms with E-state index in [0.29, 0.717) is 17.5 Å². The summed E-state index contributed by atoms with van der Waals surface area (Å²) in [6.45, 7) is 6.80. The largest absolute Gasteiger partial charge is 0.350 e. The van der Waals surface area contributed by atoms with E-state index in [2.05, 4.69) is 65.9 Å². The van der Waals surface area contributed by atoms with E-state index in [0.717, 1.165) is 25.1 Å². The van der Waals surface area contributed by atoms with Crippen LogP contribution < -0.4 is 0 Å². The lowest BCUT2D eigenvalue weighted by Crippen LogP contribution is -2.29. The lowest BCUT2D eigenvalue weighted by atomic mass is 9.96. The van der Waals surface area contributed by atoms with Crippen LogP contribution in [0.5, 0.6) is 0 Å². The predicted molar refractivity (Wildman–Crippen MR) is 120 cm³/mol. The van der Waals surface area contributed by atoms with Gasteiger partial charge >= 0.3 is 0 Å². The van der Waals surface area contributed by atoms with Crippen molar-refractivity contribution < 1.29 is 4.92 Å². The van der Waals surface area contributed by atoms with Crippen molar-refractivity contribution in [3.05, 3.63) is 98.3 Å². The Morgan fingerprint density at radius 2 is 1.90 bits per heavy atom. The highest BCUT2D eigenvalue weighted by Crippen LogP contribution is 2.35. The molecular formula is C24H26ClN3O2. The third-order valence-corrected chi connectivity index (χ3v) is 6.26. The molecule has 2 heterocycles. The van der Waals surface area contributed by atoms with Gasteiger partial charge < -0.3 is 4.57 Å². The number of non-ortho nitro benzene ring substituents is 1. The molecule has 0 unspecified atom stereocenters. The summed E-state index contributed by atoms with van der Waals surface area (Å²) in [6, 6.07) is 17.9. The monoisotopic (exact) mass is 423 g/mol. The van der Waals surface area contributed by atoms with Crippen LogP contribution in [0.2, 0.25) is 5.02 Å². The van der Waals surface area contributed by atoms with Gasteiger partial charge in [-0.05, 0) is 47.2 Å². The smallest absolute Gasteiger partial charge is 0.269 e. The minimum absolute atomic E-state index is 0.0686. The van der Waals surface area contributed by atoms with Crippen LogP contribution in [-0.2, 0) is 13.1 Å². The van der Waals surface area contributed by atoms with E-state index in [1.54, 1.807) is 12.1 Å². The fourth-order valence-electron chi connectivity index (χ4n) is 4.27. The van der Waals surface area contributed by atoms with Gasteiger partial charge in [0.1, 0.15) is 0 Å². The summed E-state index contributed by atoms with van der Waals surface area (Å²) >= 11 is 6.43. The van der Waals surface area contributed by atoms with Crippen LogP contribution in [-0.4, -0.2) is 20.9 Å². The number of aryl methyl sites for hydroxylation is 1. The molecule has 30 heavy (non-hydrogen) atoms. The summed E-state index contributed by atoms with van der Waals surface area (Å²) in [4.78, 5) is 13.3.